The van der Waals surface area contributed by atoms with Crippen LogP contribution in [0.5, 0.6) is 0 Å². The van der Waals surface area contributed by atoms with Crippen LogP contribution >= 0.6 is 11.6 Å². The van der Waals surface area contributed by atoms with Gasteiger partial charge in [-0.05, 0) is 75.4 Å². The molecule has 1 N–H and O–H groups in total. The zero-order chi connectivity index (χ0) is 47.3. The van der Waals surface area contributed by atoms with E-state index in [1.807, 2.05) is 129 Å². The smallest absolute Gasteiger partial charge is 0.354 e. The summed E-state index contributed by atoms with van der Waals surface area (Å²) in [6, 6.07) is 38.4. The highest BCUT2D eigenvalue weighted by Crippen LogP contribution is 2.34. The number of pyridine rings is 3. The van der Waals surface area contributed by atoms with Crippen molar-refractivity contribution in [1.29, 1.82) is 10.5 Å². The van der Waals surface area contributed by atoms with Gasteiger partial charge in [0.25, 0.3) is 0 Å². The normalized spacial score (nSPS) is 13.6. The summed E-state index contributed by atoms with van der Waals surface area (Å²) in [5, 5.41) is 44.8. The average molecular weight is 926 g/mol. The van der Waals surface area contributed by atoms with Crippen molar-refractivity contribution >= 4 is 62.0 Å². The second-order valence-electron chi connectivity index (χ2n) is 15.9. The van der Waals surface area contributed by atoms with E-state index in [0.717, 1.165) is 80.4 Å². The second-order valence-corrected chi connectivity index (χ2v) is 16.3. The van der Waals surface area contributed by atoms with Crippen molar-refractivity contribution < 1.29 is 19.4 Å². The molecular formula is C50H44ClN13O4. The van der Waals surface area contributed by atoms with Crippen molar-refractivity contribution in [3.05, 3.63) is 148 Å². The van der Waals surface area contributed by atoms with Gasteiger partial charge in [0.2, 0.25) is 0 Å². The molecule has 11 rings (SSSR count). The molecule has 68 heavy (non-hydrogen) atoms. The molecule has 0 spiro atoms. The standard InChI is InChI=1S/C18H17N5O.C18H18N4O3.C14H9ClN4/c1-13-17-16(22-7-9-24-10-8-22)11-14(12-19)20-18(17)23(21-13)15-5-3-2-4-6-15;1-12-16-15(21-7-9-25-10-8-21)11-14(18(23)24)19-17(16)22(20-12)13-5-3-2-4-6-13;1-9-13-12(15)7-10(8-16)17-14(13)19(18-9)11-5-3-2-4-6-11/h2-6,11H,7-10H2,1H3;2-6,11H,7-10H2,1H3,(H,23,24);2-7H,1H3. The molecule has 0 amide bonds. The Labute approximate surface area is 395 Å². The van der Waals surface area contributed by atoms with E-state index in [9.17, 15) is 15.2 Å². The molecule has 0 aliphatic carbocycles. The Bertz CT molecular complexity index is 3370. The van der Waals surface area contributed by atoms with Gasteiger partial charge < -0.3 is 24.4 Å². The Hall–Kier alpha value is -8.22. The third-order valence-electron chi connectivity index (χ3n) is 11.5. The van der Waals surface area contributed by atoms with Crippen molar-refractivity contribution in [2.24, 2.45) is 0 Å². The minimum absolute atomic E-state index is 0.0195. The number of hydrogen-bond donors (Lipinski definition) is 1. The number of anilines is 2. The zero-order valence-electron chi connectivity index (χ0n) is 37.4. The van der Waals surface area contributed by atoms with Crippen LogP contribution < -0.4 is 9.80 Å². The van der Waals surface area contributed by atoms with Gasteiger partial charge >= 0.3 is 5.97 Å². The van der Waals surface area contributed by atoms with E-state index >= 15 is 0 Å². The molecule has 8 heterocycles. The number of halogens is 1. The van der Waals surface area contributed by atoms with Crippen LogP contribution in [0.3, 0.4) is 0 Å². The third-order valence-corrected chi connectivity index (χ3v) is 11.8. The fraction of sp³-hybridized carbons (Fsp3) is 0.220. The summed E-state index contributed by atoms with van der Waals surface area (Å²) in [5.41, 5.74) is 9.66. The predicted molar refractivity (Wildman–Crippen MR) is 258 cm³/mol. The van der Waals surface area contributed by atoms with Crippen molar-refractivity contribution in [1.82, 2.24) is 44.3 Å². The number of aromatic nitrogens is 9. The number of rotatable bonds is 6. The first kappa shape index (κ1) is 45.0. The van der Waals surface area contributed by atoms with Crippen LogP contribution in [0.2, 0.25) is 5.02 Å². The van der Waals surface area contributed by atoms with Gasteiger partial charge in [0.05, 0.1) is 93.1 Å². The molecule has 0 saturated carbocycles. The number of nitrogens with zero attached hydrogens (tertiary/aromatic N) is 13. The van der Waals surface area contributed by atoms with Gasteiger partial charge in [-0.2, -0.15) is 25.8 Å². The summed E-state index contributed by atoms with van der Waals surface area (Å²) in [5.74, 6) is -1.05. The molecule has 2 saturated heterocycles. The van der Waals surface area contributed by atoms with Gasteiger partial charge in [-0.15, -0.1) is 0 Å². The zero-order valence-corrected chi connectivity index (χ0v) is 38.2. The van der Waals surface area contributed by atoms with Gasteiger partial charge in [0, 0.05) is 26.2 Å². The van der Waals surface area contributed by atoms with Gasteiger partial charge in [-0.3, -0.25) is 0 Å². The van der Waals surface area contributed by atoms with Crippen LogP contribution in [0.1, 0.15) is 39.0 Å². The number of morpholine rings is 2. The van der Waals surface area contributed by atoms with Crippen LogP contribution in [-0.2, 0) is 9.47 Å². The quantitative estimate of drug-likeness (QED) is 0.168. The van der Waals surface area contributed by atoms with Crippen molar-refractivity contribution in [2.75, 3.05) is 62.4 Å². The lowest BCUT2D eigenvalue weighted by atomic mass is 10.1. The Kier molecular flexibility index (Phi) is 13.0. The van der Waals surface area contributed by atoms with Crippen LogP contribution in [0, 0.1) is 43.4 Å². The fourth-order valence-electron chi connectivity index (χ4n) is 8.35. The Balaban J connectivity index is 0.000000129. The molecule has 2 aliphatic rings. The molecule has 6 aromatic heterocycles. The van der Waals surface area contributed by atoms with Crippen LogP contribution in [0.4, 0.5) is 11.4 Å². The Morgan fingerprint density at radius 3 is 1.34 bits per heavy atom. The molecule has 2 fully saturated rings. The topological polar surface area (TPSA) is 202 Å². The van der Waals surface area contributed by atoms with Crippen molar-refractivity contribution in [2.45, 2.75) is 20.8 Å². The maximum absolute atomic E-state index is 11.6. The third kappa shape index (κ3) is 9.01. The summed E-state index contributed by atoms with van der Waals surface area (Å²) in [7, 11) is 0. The highest BCUT2D eigenvalue weighted by molar-refractivity contribution is 6.35. The highest BCUT2D eigenvalue weighted by atomic mass is 35.5. The van der Waals surface area contributed by atoms with E-state index < -0.39 is 5.97 Å². The summed E-state index contributed by atoms with van der Waals surface area (Å²) in [4.78, 5) is 29.2. The molecule has 340 valence electrons. The van der Waals surface area contributed by atoms with Gasteiger partial charge in [0.15, 0.2) is 22.6 Å². The van der Waals surface area contributed by atoms with Gasteiger partial charge in [-0.1, -0.05) is 66.2 Å². The number of para-hydroxylation sites is 3. The lowest BCUT2D eigenvalue weighted by Gasteiger charge is -2.29. The molecular weight excluding hydrogens is 882 g/mol. The molecule has 3 aromatic carbocycles. The van der Waals surface area contributed by atoms with E-state index in [1.165, 1.54) is 0 Å². The molecule has 0 unspecified atom stereocenters. The number of carboxylic acid groups (broad SMARTS) is 1. The number of fused-ring (bicyclic) bond motifs is 3. The number of ether oxygens (including phenoxy) is 2. The van der Waals surface area contributed by atoms with Crippen LogP contribution in [0.25, 0.3) is 50.2 Å². The van der Waals surface area contributed by atoms with E-state index in [1.54, 1.807) is 21.5 Å². The van der Waals surface area contributed by atoms with Crippen molar-refractivity contribution in [3.63, 3.8) is 0 Å². The first-order chi connectivity index (χ1) is 33.1. The minimum atomic E-state index is -1.05. The lowest BCUT2D eigenvalue weighted by Crippen LogP contribution is -2.36. The number of nitriles is 2. The Morgan fingerprint density at radius 2 is 0.926 bits per heavy atom. The summed E-state index contributed by atoms with van der Waals surface area (Å²) < 4.78 is 16.1. The second kappa shape index (κ2) is 19.7. The maximum atomic E-state index is 11.6. The minimum Gasteiger partial charge on any atom is -0.477 e. The molecule has 2 aliphatic heterocycles. The first-order valence-electron chi connectivity index (χ1n) is 21.8. The van der Waals surface area contributed by atoms with Gasteiger partial charge in [-0.25, -0.2) is 33.8 Å². The molecule has 17 nitrogen and oxygen atoms in total. The number of carbonyl (C=O) groups is 1. The van der Waals surface area contributed by atoms with Crippen LogP contribution in [-0.4, -0.2) is 108 Å². The fourth-order valence-corrected chi connectivity index (χ4v) is 8.67. The van der Waals surface area contributed by atoms with E-state index in [4.69, 9.17) is 26.3 Å². The Morgan fingerprint density at radius 1 is 0.559 bits per heavy atom. The van der Waals surface area contributed by atoms with E-state index in [2.05, 4.69) is 46.1 Å². The number of benzene rings is 3. The summed E-state index contributed by atoms with van der Waals surface area (Å²) in [6.07, 6.45) is 0. The monoisotopic (exact) mass is 925 g/mol. The molecule has 18 heteroatoms. The number of aromatic carboxylic acids is 1. The molecule has 0 bridgehead atoms. The number of carboxylic acids is 1. The van der Waals surface area contributed by atoms with Crippen LogP contribution in [0.15, 0.2) is 109 Å². The number of aryl methyl sites for hydroxylation is 3. The van der Waals surface area contributed by atoms with Gasteiger partial charge in [0.1, 0.15) is 23.5 Å². The summed E-state index contributed by atoms with van der Waals surface area (Å²) in [6.45, 7) is 11.5. The van der Waals surface area contributed by atoms with E-state index in [0.29, 0.717) is 61.5 Å². The molecule has 0 radical (unpaired) electrons. The summed E-state index contributed by atoms with van der Waals surface area (Å²) >= 11 is 6.20. The lowest BCUT2D eigenvalue weighted by molar-refractivity contribution is 0.0690. The largest absolute Gasteiger partial charge is 0.477 e. The molecule has 0 atom stereocenters. The highest BCUT2D eigenvalue weighted by Gasteiger charge is 2.24. The average Bonchev–Trinajstić information content (AvgIpc) is 4.04. The predicted octanol–water partition coefficient (Wildman–Crippen LogP) is 7.95. The van der Waals surface area contributed by atoms with E-state index in [-0.39, 0.29) is 11.4 Å². The first-order valence-corrected chi connectivity index (χ1v) is 22.2. The SMILES string of the molecule is Cc1nn(-c2ccccc2)c2nc(C#N)cc(Cl)c12.Cc1nn(-c2ccccc2)c2nc(C#N)cc(N3CCOCC3)c12.Cc1nn(-c2ccccc2)c2nc(C(=O)O)cc(N3CCOCC3)c12. The van der Waals surface area contributed by atoms with Crippen molar-refractivity contribution in [3.8, 4) is 29.2 Å². The molecule has 9 aromatic rings. The maximum Gasteiger partial charge on any atom is 0.354 e. The number of hydrogen-bond acceptors (Lipinski definition) is 13.